The number of hydrogen-bond donors (Lipinski definition) is 2. The van der Waals surface area contributed by atoms with Crippen LogP contribution in [0.3, 0.4) is 0 Å². The van der Waals surface area contributed by atoms with Crippen molar-refractivity contribution in [1.29, 1.82) is 0 Å². The van der Waals surface area contributed by atoms with Crippen LogP contribution in [-0.2, 0) is 0 Å². The lowest BCUT2D eigenvalue weighted by Gasteiger charge is -2.02. The summed E-state index contributed by atoms with van der Waals surface area (Å²) >= 11 is 0. The molecule has 4 nitrogen and oxygen atoms in total. The van der Waals surface area contributed by atoms with Crippen molar-refractivity contribution in [2.24, 2.45) is 0 Å². The van der Waals surface area contributed by atoms with Gasteiger partial charge in [0.15, 0.2) is 6.29 Å². The molecule has 0 unspecified atom stereocenters. The number of carbonyl (C=O) groups is 2. The first-order valence-corrected chi connectivity index (χ1v) is 3.69. The standard InChI is InChI=1S/C9H9NO3/c1-10-9(13)8-4-7(12)3-2-6(8)5-11/h2-5,12H,1H3,(H,10,13). The third-order valence-electron chi connectivity index (χ3n) is 1.64. The minimum absolute atomic E-state index is 0.0378. The Morgan fingerprint density at radius 2 is 2.23 bits per heavy atom. The molecule has 2 N–H and O–H groups in total. The van der Waals surface area contributed by atoms with Crippen LogP contribution in [0.4, 0.5) is 0 Å². The van der Waals surface area contributed by atoms with Gasteiger partial charge < -0.3 is 10.4 Å². The Kier molecular flexibility index (Phi) is 2.64. The largest absolute Gasteiger partial charge is 0.508 e. The van der Waals surface area contributed by atoms with Gasteiger partial charge in [-0.2, -0.15) is 0 Å². The van der Waals surface area contributed by atoms with Crippen LogP contribution in [0, 0.1) is 0 Å². The smallest absolute Gasteiger partial charge is 0.251 e. The molecule has 0 atom stereocenters. The Morgan fingerprint density at radius 1 is 1.54 bits per heavy atom. The molecule has 13 heavy (non-hydrogen) atoms. The summed E-state index contributed by atoms with van der Waals surface area (Å²) in [5.74, 6) is -0.429. The number of aromatic hydroxyl groups is 1. The van der Waals surface area contributed by atoms with Crippen LogP contribution in [0.5, 0.6) is 5.75 Å². The highest BCUT2D eigenvalue weighted by molar-refractivity contribution is 6.01. The van der Waals surface area contributed by atoms with E-state index in [1.165, 1.54) is 25.2 Å². The van der Waals surface area contributed by atoms with Crippen LogP contribution in [0.2, 0.25) is 0 Å². The van der Waals surface area contributed by atoms with Crippen LogP contribution in [0.15, 0.2) is 18.2 Å². The summed E-state index contributed by atoms with van der Waals surface area (Å²) in [6, 6.07) is 4.01. The fourth-order valence-corrected chi connectivity index (χ4v) is 0.978. The number of phenolic OH excluding ortho intramolecular Hbond substituents is 1. The summed E-state index contributed by atoms with van der Waals surface area (Å²) in [7, 11) is 1.46. The first-order chi connectivity index (χ1) is 6.19. The monoisotopic (exact) mass is 179 g/mol. The molecule has 68 valence electrons. The van der Waals surface area contributed by atoms with Gasteiger partial charge in [-0.1, -0.05) is 0 Å². The number of rotatable bonds is 2. The minimum atomic E-state index is -0.391. The van der Waals surface area contributed by atoms with E-state index < -0.39 is 5.91 Å². The van der Waals surface area contributed by atoms with Crippen molar-refractivity contribution in [3.8, 4) is 5.75 Å². The predicted molar refractivity (Wildman–Crippen MR) is 46.9 cm³/mol. The van der Waals surface area contributed by atoms with Crippen LogP contribution < -0.4 is 5.32 Å². The van der Waals surface area contributed by atoms with Crippen molar-refractivity contribution in [1.82, 2.24) is 5.32 Å². The quantitative estimate of drug-likeness (QED) is 0.652. The summed E-state index contributed by atoms with van der Waals surface area (Å²) in [6.45, 7) is 0. The zero-order valence-corrected chi connectivity index (χ0v) is 7.07. The van der Waals surface area contributed by atoms with Gasteiger partial charge in [0.25, 0.3) is 5.91 Å². The molecule has 0 aliphatic heterocycles. The van der Waals surface area contributed by atoms with E-state index in [0.29, 0.717) is 6.29 Å². The fraction of sp³-hybridized carbons (Fsp3) is 0.111. The van der Waals surface area contributed by atoms with Gasteiger partial charge in [0, 0.05) is 12.6 Å². The van der Waals surface area contributed by atoms with Crippen LogP contribution in [-0.4, -0.2) is 24.3 Å². The molecule has 1 aromatic rings. The molecule has 1 rings (SSSR count). The van der Waals surface area contributed by atoms with Crippen molar-refractivity contribution in [3.63, 3.8) is 0 Å². The second-order valence-electron chi connectivity index (χ2n) is 2.47. The molecule has 0 spiro atoms. The Hall–Kier alpha value is -1.84. The maximum Gasteiger partial charge on any atom is 0.251 e. The Balaban J connectivity index is 3.23. The van der Waals surface area contributed by atoms with E-state index in [4.69, 9.17) is 5.11 Å². The maximum absolute atomic E-state index is 11.2. The number of aldehydes is 1. The van der Waals surface area contributed by atoms with Crippen LogP contribution >= 0.6 is 0 Å². The highest BCUT2D eigenvalue weighted by atomic mass is 16.3. The Labute approximate surface area is 75.2 Å². The molecular weight excluding hydrogens is 170 g/mol. The molecule has 0 bridgehead atoms. The number of benzene rings is 1. The van der Waals surface area contributed by atoms with Crippen LogP contribution in [0.25, 0.3) is 0 Å². The molecule has 0 saturated heterocycles. The lowest BCUT2D eigenvalue weighted by molar-refractivity contribution is 0.0957. The normalized spacial score (nSPS) is 9.31. The van der Waals surface area contributed by atoms with Gasteiger partial charge in [0.05, 0.1) is 5.56 Å². The summed E-state index contributed by atoms with van der Waals surface area (Å²) in [5, 5.41) is 11.5. The minimum Gasteiger partial charge on any atom is -0.508 e. The zero-order chi connectivity index (χ0) is 9.84. The number of carbonyl (C=O) groups excluding carboxylic acids is 2. The molecular formula is C9H9NO3. The summed E-state index contributed by atoms with van der Waals surface area (Å²) in [4.78, 5) is 21.7. The molecule has 0 heterocycles. The van der Waals surface area contributed by atoms with E-state index in [9.17, 15) is 9.59 Å². The first-order valence-electron chi connectivity index (χ1n) is 3.69. The third-order valence-corrected chi connectivity index (χ3v) is 1.64. The second kappa shape index (κ2) is 3.71. The SMILES string of the molecule is CNC(=O)c1cc(O)ccc1C=O. The zero-order valence-electron chi connectivity index (χ0n) is 7.07. The lowest BCUT2D eigenvalue weighted by atomic mass is 10.1. The fourth-order valence-electron chi connectivity index (χ4n) is 0.978. The lowest BCUT2D eigenvalue weighted by Crippen LogP contribution is -2.19. The molecule has 0 radical (unpaired) electrons. The number of phenols is 1. The van der Waals surface area contributed by atoms with Gasteiger partial charge in [-0.25, -0.2) is 0 Å². The van der Waals surface area contributed by atoms with E-state index in [1.54, 1.807) is 0 Å². The predicted octanol–water partition coefficient (Wildman–Crippen LogP) is 0.564. The van der Waals surface area contributed by atoms with Crippen molar-refractivity contribution in [2.45, 2.75) is 0 Å². The maximum atomic E-state index is 11.2. The third kappa shape index (κ3) is 1.84. The number of hydrogen-bond acceptors (Lipinski definition) is 3. The average Bonchev–Trinajstić information content (AvgIpc) is 2.16. The Bertz CT molecular complexity index is 347. The van der Waals surface area contributed by atoms with E-state index in [-0.39, 0.29) is 16.9 Å². The molecule has 0 fully saturated rings. The molecule has 0 aliphatic carbocycles. The molecule has 1 amide bonds. The highest BCUT2D eigenvalue weighted by Crippen LogP contribution is 2.14. The van der Waals surface area contributed by atoms with Crippen LogP contribution in [0.1, 0.15) is 20.7 Å². The second-order valence-corrected chi connectivity index (χ2v) is 2.47. The van der Waals surface area contributed by atoms with E-state index in [1.807, 2.05) is 0 Å². The van der Waals surface area contributed by atoms with Crippen molar-refractivity contribution in [3.05, 3.63) is 29.3 Å². The first kappa shape index (κ1) is 9.25. The summed E-state index contributed by atoms with van der Waals surface area (Å²) < 4.78 is 0. The Morgan fingerprint density at radius 3 is 2.77 bits per heavy atom. The van der Waals surface area contributed by atoms with Crippen molar-refractivity contribution in [2.75, 3.05) is 7.05 Å². The average molecular weight is 179 g/mol. The number of nitrogens with one attached hydrogen (secondary N) is 1. The molecule has 0 aromatic heterocycles. The van der Waals surface area contributed by atoms with Crippen molar-refractivity contribution < 1.29 is 14.7 Å². The molecule has 0 saturated carbocycles. The van der Waals surface area contributed by atoms with E-state index >= 15 is 0 Å². The molecule has 0 aliphatic rings. The van der Waals surface area contributed by atoms with Gasteiger partial charge in [-0.3, -0.25) is 9.59 Å². The number of amides is 1. The van der Waals surface area contributed by atoms with Gasteiger partial charge in [0.2, 0.25) is 0 Å². The van der Waals surface area contributed by atoms with Gasteiger partial charge in [0.1, 0.15) is 5.75 Å². The highest BCUT2D eigenvalue weighted by Gasteiger charge is 2.09. The van der Waals surface area contributed by atoms with E-state index in [2.05, 4.69) is 5.32 Å². The summed E-state index contributed by atoms with van der Waals surface area (Å²) in [6.07, 6.45) is 0.573. The van der Waals surface area contributed by atoms with E-state index in [0.717, 1.165) is 0 Å². The van der Waals surface area contributed by atoms with Crippen molar-refractivity contribution >= 4 is 12.2 Å². The topological polar surface area (TPSA) is 66.4 Å². The van der Waals surface area contributed by atoms with Gasteiger partial charge in [-0.05, 0) is 18.2 Å². The molecule has 1 aromatic carbocycles. The molecule has 4 heteroatoms. The van der Waals surface area contributed by atoms with Gasteiger partial charge >= 0.3 is 0 Å². The van der Waals surface area contributed by atoms with Gasteiger partial charge in [-0.15, -0.1) is 0 Å². The summed E-state index contributed by atoms with van der Waals surface area (Å²) in [5.41, 5.74) is 0.439.